The van der Waals surface area contributed by atoms with Crippen molar-refractivity contribution in [2.24, 2.45) is 0 Å². The predicted octanol–water partition coefficient (Wildman–Crippen LogP) is 3.43. The number of benzene rings is 2. The van der Waals surface area contributed by atoms with E-state index in [-0.39, 0.29) is 16.4 Å². The number of halogens is 1. The minimum absolute atomic E-state index is 0.00503. The Bertz CT molecular complexity index is 747. The summed E-state index contributed by atoms with van der Waals surface area (Å²) in [6.07, 6.45) is 1.08. The Morgan fingerprint density at radius 1 is 1.00 bits per heavy atom. The minimum Gasteiger partial charge on any atom is -0.295 e. The number of Topliss-reactive ketones (excluding diaryl/α,β-unsaturated/α-hetero) is 1. The van der Waals surface area contributed by atoms with Crippen molar-refractivity contribution in [3.8, 4) is 0 Å². The Labute approximate surface area is 129 Å². The molecule has 0 saturated carbocycles. The number of aryl methyl sites for hydroxylation is 1. The molecule has 2 rings (SSSR count). The third-order valence-corrected chi connectivity index (χ3v) is 5.23. The largest absolute Gasteiger partial charge is 0.295 e. The zero-order chi connectivity index (χ0) is 16.2. The zero-order valence-corrected chi connectivity index (χ0v) is 13.1. The van der Waals surface area contributed by atoms with E-state index in [4.69, 9.17) is 0 Å². The molecule has 0 bridgehead atoms. The Morgan fingerprint density at radius 3 is 2.14 bits per heavy atom. The van der Waals surface area contributed by atoms with Gasteiger partial charge in [0.1, 0.15) is 5.82 Å². The van der Waals surface area contributed by atoms with Gasteiger partial charge in [0.25, 0.3) is 0 Å². The fraction of sp³-hybridized carbons (Fsp3) is 0.235. The summed E-state index contributed by atoms with van der Waals surface area (Å²) >= 11 is 0. The minimum atomic E-state index is -3.39. The third-order valence-electron chi connectivity index (χ3n) is 3.41. The lowest BCUT2D eigenvalue weighted by Crippen LogP contribution is -2.08. The van der Waals surface area contributed by atoms with Gasteiger partial charge < -0.3 is 0 Å². The number of carbonyl (C=O) groups is 1. The molecular weight excluding hydrogens is 303 g/mol. The van der Waals surface area contributed by atoms with Gasteiger partial charge in [-0.2, -0.15) is 0 Å². The van der Waals surface area contributed by atoms with Crippen LogP contribution in [0.2, 0.25) is 0 Å². The van der Waals surface area contributed by atoms with E-state index in [2.05, 4.69) is 0 Å². The molecule has 0 saturated heterocycles. The monoisotopic (exact) mass is 320 g/mol. The van der Waals surface area contributed by atoms with Gasteiger partial charge in [0, 0.05) is 5.56 Å². The van der Waals surface area contributed by atoms with E-state index in [9.17, 15) is 17.6 Å². The van der Waals surface area contributed by atoms with Crippen LogP contribution in [0.3, 0.4) is 0 Å². The van der Waals surface area contributed by atoms with Gasteiger partial charge >= 0.3 is 0 Å². The third kappa shape index (κ3) is 4.24. The van der Waals surface area contributed by atoms with Crippen LogP contribution in [0, 0.1) is 5.82 Å². The smallest absolute Gasteiger partial charge is 0.178 e. The van der Waals surface area contributed by atoms with Crippen molar-refractivity contribution in [3.63, 3.8) is 0 Å². The fourth-order valence-electron chi connectivity index (χ4n) is 2.13. The van der Waals surface area contributed by atoms with E-state index < -0.39 is 15.7 Å². The van der Waals surface area contributed by atoms with Crippen molar-refractivity contribution in [3.05, 3.63) is 65.5 Å². The average Bonchev–Trinajstić information content (AvgIpc) is 2.48. The number of hydrogen-bond acceptors (Lipinski definition) is 3. The fourth-order valence-corrected chi connectivity index (χ4v) is 3.44. The molecule has 116 valence electrons. The van der Waals surface area contributed by atoms with E-state index in [1.165, 1.54) is 19.1 Å². The molecule has 5 heteroatoms. The quantitative estimate of drug-likeness (QED) is 0.605. The second-order valence-corrected chi connectivity index (χ2v) is 7.24. The van der Waals surface area contributed by atoms with Crippen molar-refractivity contribution in [1.82, 2.24) is 0 Å². The SMILES string of the molecule is CC(=O)c1ccc(CCCS(=O)(=O)c2ccc(F)cc2)cc1. The van der Waals surface area contributed by atoms with E-state index in [1.54, 1.807) is 12.1 Å². The molecule has 0 N–H and O–H groups in total. The number of ketones is 1. The zero-order valence-electron chi connectivity index (χ0n) is 12.3. The summed E-state index contributed by atoms with van der Waals surface area (Å²) in [5.74, 6) is -0.442. The standard InChI is InChI=1S/C17H17FO3S/c1-13(19)15-6-4-14(5-7-15)3-2-12-22(20,21)17-10-8-16(18)9-11-17/h4-11H,2-3,12H2,1H3. The van der Waals surface area contributed by atoms with Crippen molar-refractivity contribution in [1.29, 1.82) is 0 Å². The first-order valence-corrected chi connectivity index (χ1v) is 8.62. The molecule has 22 heavy (non-hydrogen) atoms. The average molecular weight is 320 g/mol. The van der Waals surface area contributed by atoms with Gasteiger partial charge in [-0.05, 0) is 49.6 Å². The van der Waals surface area contributed by atoms with E-state index in [0.717, 1.165) is 17.7 Å². The van der Waals surface area contributed by atoms with Crippen molar-refractivity contribution in [2.75, 3.05) is 5.75 Å². The van der Waals surface area contributed by atoms with E-state index in [1.807, 2.05) is 12.1 Å². The Hall–Kier alpha value is -2.01. The molecule has 0 aromatic heterocycles. The van der Waals surface area contributed by atoms with Crippen molar-refractivity contribution in [2.45, 2.75) is 24.7 Å². The molecule has 0 aliphatic rings. The van der Waals surface area contributed by atoms with Crippen LogP contribution in [0.4, 0.5) is 4.39 Å². The van der Waals surface area contributed by atoms with Crippen LogP contribution in [0.15, 0.2) is 53.4 Å². The molecule has 0 unspecified atom stereocenters. The van der Waals surface area contributed by atoms with Crippen LogP contribution < -0.4 is 0 Å². The predicted molar refractivity (Wildman–Crippen MR) is 83.2 cm³/mol. The second-order valence-electron chi connectivity index (χ2n) is 5.13. The molecule has 0 aliphatic carbocycles. The summed E-state index contributed by atoms with van der Waals surface area (Å²) in [6.45, 7) is 1.50. The summed E-state index contributed by atoms with van der Waals surface area (Å²) in [4.78, 5) is 11.3. The highest BCUT2D eigenvalue weighted by molar-refractivity contribution is 7.91. The van der Waals surface area contributed by atoms with Crippen LogP contribution in [-0.2, 0) is 16.3 Å². The van der Waals surface area contributed by atoms with Gasteiger partial charge in [0.05, 0.1) is 10.6 Å². The van der Waals surface area contributed by atoms with Crippen molar-refractivity contribution < 1.29 is 17.6 Å². The lowest BCUT2D eigenvalue weighted by Gasteiger charge is -2.05. The first kappa shape index (κ1) is 16.4. The lowest BCUT2D eigenvalue weighted by atomic mass is 10.1. The molecular formula is C17H17FO3S. The van der Waals surface area contributed by atoms with Gasteiger partial charge in [-0.1, -0.05) is 24.3 Å². The van der Waals surface area contributed by atoms with E-state index in [0.29, 0.717) is 18.4 Å². The molecule has 3 nitrogen and oxygen atoms in total. The van der Waals surface area contributed by atoms with Gasteiger partial charge in [-0.25, -0.2) is 12.8 Å². The topological polar surface area (TPSA) is 51.2 Å². The molecule has 2 aromatic rings. The van der Waals surface area contributed by atoms with Crippen LogP contribution in [-0.4, -0.2) is 20.0 Å². The molecule has 0 fully saturated rings. The van der Waals surface area contributed by atoms with Crippen LogP contribution >= 0.6 is 0 Å². The summed E-state index contributed by atoms with van der Waals surface area (Å²) in [5, 5.41) is 0. The van der Waals surface area contributed by atoms with Gasteiger partial charge in [-0.3, -0.25) is 4.79 Å². The van der Waals surface area contributed by atoms with Gasteiger partial charge in [0.15, 0.2) is 15.6 Å². The van der Waals surface area contributed by atoms with Gasteiger partial charge in [-0.15, -0.1) is 0 Å². The Balaban J connectivity index is 1.95. The maximum absolute atomic E-state index is 12.8. The normalized spacial score (nSPS) is 11.4. The molecule has 2 aromatic carbocycles. The number of hydrogen-bond donors (Lipinski definition) is 0. The number of carbonyl (C=O) groups excluding carboxylic acids is 1. The maximum atomic E-state index is 12.8. The molecule has 0 amide bonds. The number of sulfone groups is 1. The highest BCUT2D eigenvalue weighted by atomic mass is 32.2. The van der Waals surface area contributed by atoms with Crippen LogP contribution in [0.25, 0.3) is 0 Å². The van der Waals surface area contributed by atoms with Gasteiger partial charge in [0.2, 0.25) is 0 Å². The Morgan fingerprint density at radius 2 is 1.59 bits per heavy atom. The molecule has 0 aliphatic heterocycles. The first-order valence-electron chi connectivity index (χ1n) is 6.97. The first-order chi connectivity index (χ1) is 10.4. The van der Waals surface area contributed by atoms with E-state index >= 15 is 0 Å². The molecule has 0 heterocycles. The Kier molecular flexibility index (Phi) is 5.08. The molecule has 0 atom stereocenters. The summed E-state index contributed by atoms with van der Waals surface area (Å²) < 4.78 is 37.0. The highest BCUT2D eigenvalue weighted by Gasteiger charge is 2.14. The second kappa shape index (κ2) is 6.83. The summed E-state index contributed by atoms with van der Waals surface area (Å²) in [6, 6.07) is 12.0. The maximum Gasteiger partial charge on any atom is 0.178 e. The molecule has 0 radical (unpaired) electrons. The summed E-state index contributed by atoms with van der Waals surface area (Å²) in [5.41, 5.74) is 1.63. The lowest BCUT2D eigenvalue weighted by molar-refractivity contribution is 0.101. The molecule has 0 spiro atoms. The van der Waals surface area contributed by atoms with Crippen LogP contribution in [0.5, 0.6) is 0 Å². The number of rotatable bonds is 6. The highest BCUT2D eigenvalue weighted by Crippen LogP contribution is 2.14. The van der Waals surface area contributed by atoms with Crippen LogP contribution in [0.1, 0.15) is 29.3 Å². The van der Waals surface area contributed by atoms with Crippen molar-refractivity contribution >= 4 is 15.6 Å². The summed E-state index contributed by atoms with van der Waals surface area (Å²) in [7, 11) is -3.39.